The first kappa shape index (κ1) is 32.4. The molecule has 9 nitrogen and oxygen atoms in total. The summed E-state index contributed by atoms with van der Waals surface area (Å²) in [5.41, 5.74) is 8.46. The highest BCUT2D eigenvalue weighted by atomic mass is 28.3. The van der Waals surface area contributed by atoms with Gasteiger partial charge in [0.25, 0.3) is 0 Å². The summed E-state index contributed by atoms with van der Waals surface area (Å²) in [4.78, 5) is 16.3. The Morgan fingerprint density at radius 1 is 0.907 bits per heavy atom. The van der Waals surface area contributed by atoms with Crippen molar-refractivity contribution in [1.82, 2.24) is 19.3 Å². The lowest BCUT2D eigenvalue weighted by molar-refractivity contribution is 0.0816. The average molecular weight is 620 g/mol. The summed E-state index contributed by atoms with van der Waals surface area (Å²) in [5, 5.41) is 5.85. The van der Waals surface area contributed by atoms with Gasteiger partial charge in [-0.15, -0.1) is 0 Å². The Hall–Kier alpha value is -3.52. The first-order chi connectivity index (χ1) is 20.3. The highest BCUT2D eigenvalue weighted by molar-refractivity contribution is 6.76. The van der Waals surface area contributed by atoms with E-state index >= 15 is 0 Å². The van der Waals surface area contributed by atoms with E-state index in [1.807, 2.05) is 64.9 Å². The van der Waals surface area contributed by atoms with E-state index in [1.165, 1.54) is 0 Å². The second-order valence-electron chi connectivity index (χ2n) is 13.3. The molecule has 2 N–H and O–H groups in total. The highest BCUT2D eigenvalue weighted by Gasteiger charge is 2.15. The summed E-state index contributed by atoms with van der Waals surface area (Å²) in [7, 11) is -2.36. The molecular formula is C32H45N5O4Si2. The lowest BCUT2D eigenvalue weighted by Crippen LogP contribution is -2.22. The third-order valence-electron chi connectivity index (χ3n) is 7.04. The summed E-state index contributed by atoms with van der Waals surface area (Å²) in [6, 6.07) is 13.4. The number of nitrogens with two attached hydrogens (primary N) is 1. The molecular weight excluding hydrogens is 575 g/mol. The van der Waals surface area contributed by atoms with Gasteiger partial charge in [0.2, 0.25) is 5.91 Å². The molecule has 0 radical (unpaired) electrons. The zero-order valence-electron chi connectivity index (χ0n) is 26.5. The standard InChI is InChI=1S/C32H45N5O4Si2/c1-24-8-9-25(20-28(24)32(33)38)41-26-10-11-27-29(35-37(30(27)21-26)23-40-17-19-43(5,6)7)12-13-31-34-14-15-36(31)22-39-16-18-42(2,3)4/h8-15,20-21H,16-19,22-23H2,1-7H3,(H2,33,38)/b13-12+. The molecule has 2 aromatic heterocycles. The third kappa shape index (κ3) is 9.49. The number of hydrogen-bond acceptors (Lipinski definition) is 6. The van der Waals surface area contributed by atoms with Crippen LogP contribution < -0.4 is 10.5 Å². The SMILES string of the molecule is Cc1ccc(Oc2ccc3c(/C=C/c4nccn4COCC[Si](C)(C)C)nn(COCC[Si](C)(C)C)c3c2)cc1C(N)=O. The van der Waals surface area contributed by atoms with Crippen LogP contribution in [0.3, 0.4) is 0 Å². The fraction of sp³-hybridized carbons (Fsp3) is 0.406. The van der Waals surface area contributed by atoms with Crippen LogP contribution in [-0.4, -0.2) is 54.6 Å². The van der Waals surface area contributed by atoms with Gasteiger partial charge in [-0.1, -0.05) is 45.3 Å². The van der Waals surface area contributed by atoms with E-state index in [4.69, 9.17) is 25.0 Å². The van der Waals surface area contributed by atoms with Crippen molar-refractivity contribution in [2.75, 3.05) is 13.2 Å². The fourth-order valence-electron chi connectivity index (χ4n) is 4.34. The number of ether oxygens (including phenoxy) is 3. The van der Waals surface area contributed by atoms with Gasteiger partial charge < -0.3 is 24.5 Å². The van der Waals surface area contributed by atoms with Crippen LogP contribution in [0.5, 0.6) is 11.5 Å². The van der Waals surface area contributed by atoms with E-state index in [9.17, 15) is 4.79 Å². The fourth-order valence-corrected chi connectivity index (χ4v) is 5.86. The van der Waals surface area contributed by atoms with Crippen molar-refractivity contribution in [1.29, 1.82) is 0 Å². The molecule has 0 atom stereocenters. The maximum absolute atomic E-state index is 11.8. The molecule has 0 aliphatic rings. The average Bonchev–Trinajstić information content (AvgIpc) is 3.51. The van der Waals surface area contributed by atoms with Crippen molar-refractivity contribution in [2.45, 2.75) is 71.8 Å². The molecule has 1 amide bonds. The molecule has 4 rings (SSSR count). The molecule has 43 heavy (non-hydrogen) atoms. The van der Waals surface area contributed by atoms with E-state index in [-0.39, 0.29) is 0 Å². The second kappa shape index (κ2) is 13.8. The molecule has 11 heteroatoms. The highest BCUT2D eigenvalue weighted by Crippen LogP contribution is 2.29. The molecule has 0 bridgehead atoms. The Labute approximate surface area is 256 Å². The Bertz CT molecular complexity index is 1580. The Balaban J connectivity index is 1.57. The van der Waals surface area contributed by atoms with Gasteiger partial charge in [-0.2, -0.15) is 5.10 Å². The summed E-state index contributed by atoms with van der Waals surface area (Å²) < 4.78 is 22.0. The van der Waals surface area contributed by atoms with Gasteiger partial charge >= 0.3 is 0 Å². The minimum atomic E-state index is -1.22. The lowest BCUT2D eigenvalue weighted by atomic mass is 10.1. The monoisotopic (exact) mass is 619 g/mol. The largest absolute Gasteiger partial charge is 0.457 e. The molecule has 0 aliphatic heterocycles. The molecule has 0 saturated carbocycles. The predicted octanol–water partition coefficient (Wildman–Crippen LogP) is 7.23. The minimum Gasteiger partial charge on any atom is -0.457 e. The van der Waals surface area contributed by atoms with Gasteiger partial charge in [-0.05, 0) is 61.0 Å². The number of primary amides is 1. The van der Waals surface area contributed by atoms with Gasteiger partial charge in [0.1, 0.15) is 30.8 Å². The zero-order chi connectivity index (χ0) is 31.2. The molecule has 2 aromatic carbocycles. The van der Waals surface area contributed by atoms with Crippen LogP contribution in [0.25, 0.3) is 23.1 Å². The smallest absolute Gasteiger partial charge is 0.249 e. The number of hydrogen-bond donors (Lipinski definition) is 1. The summed E-state index contributed by atoms with van der Waals surface area (Å²) in [6.07, 6.45) is 7.64. The first-order valence-corrected chi connectivity index (χ1v) is 22.1. The van der Waals surface area contributed by atoms with Gasteiger partial charge in [0.05, 0.1) is 11.2 Å². The molecule has 0 spiro atoms. The number of aromatic nitrogens is 4. The van der Waals surface area contributed by atoms with Crippen LogP contribution in [0.4, 0.5) is 0 Å². The minimum absolute atomic E-state index is 0.328. The van der Waals surface area contributed by atoms with Crippen molar-refractivity contribution < 1.29 is 19.0 Å². The summed E-state index contributed by atoms with van der Waals surface area (Å²) in [6.45, 7) is 18.1. The molecule has 0 saturated heterocycles. The van der Waals surface area contributed by atoms with Crippen LogP contribution in [0.1, 0.15) is 27.4 Å². The van der Waals surface area contributed by atoms with Gasteiger partial charge in [-0.25, -0.2) is 9.67 Å². The number of nitrogens with zero attached hydrogens (tertiary/aromatic N) is 4. The number of aryl methyl sites for hydroxylation is 1. The topological polar surface area (TPSA) is 106 Å². The molecule has 0 unspecified atom stereocenters. The summed E-state index contributed by atoms with van der Waals surface area (Å²) >= 11 is 0. The van der Waals surface area contributed by atoms with Crippen molar-refractivity contribution >= 4 is 45.1 Å². The first-order valence-electron chi connectivity index (χ1n) is 14.7. The number of benzene rings is 2. The number of amides is 1. The Kier molecular flexibility index (Phi) is 10.4. The molecule has 0 aliphatic carbocycles. The van der Waals surface area contributed by atoms with Gasteiger partial charge in [0, 0.05) is 58.8 Å². The molecule has 230 valence electrons. The van der Waals surface area contributed by atoms with E-state index in [1.54, 1.807) is 12.3 Å². The van der Waals surface area contributed by atoms with Crippen LogP contribution in [0.15, 0.2) is 48.8 Å². The van der Waals surface area contributed by atoms with Crippen molar-refractivity contribution in [3.63, 3.8) is 0 Å². The van der Waals surface area contributed by atoms with Gasteiger partial charge in [-0.3, -0.25) is 4.79 Å². The predicted molar refractivity (Wildman–Crippen MR) is 179 cm³/mol. The normalized spacial score (nSPS) is 12.4. The van der Waals surface area contributed by atoms with Crippen LogP contribution in [0, 0.1) is 6.92 Å². The van der Waals surface area contributed by atoms with Crippen LogP contribution in [0.2, 0.25) is 51.4 Å². The number of carbonyl (C=O) groups is 1. The third-order valence-corrected chi connectivity index (χ3v) is 10.4. The molecule has 4 aromatic rings. The molecule has 2 heterocycles. The maximum Gasteiger partial charge on any atom is 0.249 e. The second-order valence-corrected chi connectivity index (χ2v) is 24.5. The van der Waals surface area contributed by atoms with E-state index in [0.717, 1.165) is 46.7 Å². The number of fused-ring (bicyclic) bond motifs is 1. The van der Waals surface area contributed by atoms with Crippen molar-refractivity contribution in [2.24, 2.45) is 5.73 Å². The quantitative estimate of drug-likeness (QED) is 0.111. The van der Waals surface area contributed by atoms with Crippen molar-refractivity contribution in [3.05, 3.63) is 71.4 Å². The zero-order valence-corrected chi connectivity index (χ0v) is 28.5. The number of imidazole rings is 1. The van der Waals surface area contributed by atoms with E-state index < -0.39 is 22.1 Å². The number of carbonyl (C=O) groups excluding carboxylic acids is 1. The van der Waals surface area contributed by atoms with E-state index in [2.05, 4.69) is 44.3 Å². The van der Waals surface area contributed by atoms with Crippen molar-refractivity contribution in [3.8, 4) is 11.5 Å². The molecule has 0 fully saturated rings. The Morgan fingerprint density at radius 2 is 1.56 bits per heavy atom. The Morgan fingerprint density at radius 3 is 2.23 bits per heavy atom. The van der Waals surface area contributed by atoms with E-state index in [0.29, 0.717) is 37.1 Å². The maximum atomic E-state index is 11.8. The van der Waals surface area contributed by atoms with Gasteiger partial charge in [0.15, 0.2) is 0 Å². The lowest BCUT2D eigenvalue weighted by Gasteiger charge is -2.15. The number of rotatable bonds is 15. The van der Waals surface area contributed by atoms with Crippen LogP contribution >= 0.6 is 0 Å². The van der Waals surface area contributed by atoms with Crippen LogP contribution in [-0.2, 0) is 22.9 Å². The summed E-state index contributed by atoms with van der Waals surface area (Å²) in [5.74, 6) is 1.47.